The molecule has 1 unspecified atom stereocenters. The van der Waals surface area contributed by atoms with E-state index in [1.54, 1.807) is 11.3 Å². The van der Waals surface area contributed by atoms with Gasteiger partial charge in [-0.2, -0.15) is 4.98 Å². The lowest BCUT2D eigenvalue weighted by Crippen LogP contribution is -2.13. The van der Waals surface area contributed by atoms with E-state index in [2.05, 4.69) is 30.1 Å². The molecule has 0 fully saturated rings. The van der Waals surface area contributed by atoms with Gasteiger partial charge >= 0.3 is 0 Å². The molecule has 2 heterocycles. The second kappa shape index (κ2) is 4.35. The van der Waals surface area contributed by atoms with Crippen molar-refractivity contribution in [2.45, 2.75) is 33.2 Å². The van der Waals surface area contributed by atoms with E-state index < -0.39 is 0 Å². The molecule has 4 nitrogen and oxygen atoms in total. The number of hydrogen-bond donors (Lipinski definition) is 1. The summed E-state index contributed by atoms with van der Waals surface area (Å²) >= 11 is 1.74. The molecule has 5 heteroatoms. The maximum Gasteiger partial charge on any atom is 0.226 e. The highest BCUT2D eigenvalue weighted by Crippen LogP contribution is 2.27. The topological polar surface area (TPSA) is 64.9 Å². The predicted octanol–water partition coefficient (Wildman–Crippen LogP) is 2.36. The van der Waals surface area contributed by atoms with Crippen molar-refractivity contribution in [3.8, 4) is 0 Å². The van der Waals surface area contributed by atoms with E-state index in [1.807, 2.05) is 6.92 Å². The Balaban J connectivity index is 2.31. The molecule has 86 valence electrons. The van der Waals surface area contributed by atoms with Gasteiger partial charge in [0.25, 0.3) is 0 Å². The molecule has 0 saturated heterocycles. The van der Waals surface area contributed by atoms with Gasteiger partial charge in [0.15, 0.2) is 5.82 Å². The molecule has 0 aliphatic heterocycles. The van der Waals surface area contributed by atoms with E-state index in [-0.39, 0.29) is 6.04 Å². The van der Waals surface area contributed by atoms with Gasteiger partial charge in [-0.05, 0) is 25.5 Å². The van der Waals surface area contributed by atoms with Crippen LogP contribution in [0.15, 0.2) is 10.6 Å². The lowest BCUT2D eigenvalue weighted by Gasteiger charge is -2.05. The Labute approximate surface area is 98.5 Å². The summed E-state index contributed by atoms with van der Waals surface area (Å²) in [5.41, 5.74) is 7.21. The quantitative estimate of drug-likeness (QED) is 0.890. The minimum absolute atomic E-state index is 0.283. The zero-order chi connectivity index (χ0) is 11.7. The van der Waals surface area contributed by atoms with Gasteiger partial charge in [0, 0.05) is 16.2 Å². The highest BCUT2D eigenvalue weighted by molar-refractivity contribution is 7.12. The number of nitrogens with two attached hydrogens (primary N) is 1. The SMILES string of the molecule is CCc1nc(C(N)c2cc(C)sc2C)no1. The lowest BCUT2D eigenvalue weighted by atomic mass is 10.1. The Morgan fingerprint density at radius 3 is 2.75 bits per heavy atom. The third-order valence-corrected chi connectivity index (χ3v) is 3.46. The largest absolute Gasteiger partial charge is 0.339 e. The Morgan fingerprint density at radius 2 is 2.25 bits per heavy atom. The minimum atomic E-state index is -0.283. The van der Waals surface area contributed by atoms with Gasteiger partial charge in [0.05, 0.1) is 6.04 Å². The normalized spacial score (nSPS) is 13.0. The smallest absolute Gasteiger partial charge is 0.226 e. The zero-order valence-corrected chi connectivity index (χ0v) is 10.5. The summed E-state index contributed by atoms with van der Waals surface area (Å²) in [6.45, 7) is 6.11. The van der Waals surface area contributed by atoms with Crippen molar-refractivity contribution in [2.75, 3.05) is 0 Å². The summed E-state index contributed by atoms with van der Waals surface area (Å²) in [6.07, 6.45) is 0.737. The van der Waals surface area contributed by atoms with Crippen LogP contribution < -0.4 is 5.73 Å². The summed E-state index contributed by atoms with van der Waals surface area (Å²) in [6, 6.07) is 1.81. The monoisotopic (exact) mass is 237 g/mol. The zero-order valence-electron chi connectivity index (χ0n) is 9.65. The molecule has 0 bridgehead atoms. The minimum Gasteiger partial charge on any atom is -0.339 e. The van der Waals surface area contributed by atoms with Crippen LogP contribution in [-0.4, -0.2) is 10.1 Å². The van der Waals surface area contributed by atoms with Gasteiger partial charge in [-0.1, -0.05) is 12.1 Å². The fraction of sp³-hybridized carbons (Fsp3) is 0.455. The average molecular weight is 237 g/mol. The van der Waals surface area contributed by atoms with E-state index in [1.165, 1.54) is 9.75 Å². The first-order valence-corrected chi connectivity index (χ1v) is 6.08. The van der Waals surface area contributed by atoms with Crippen LogP contribution in [0.1, 0.15) is 40.0 Å². The van der Waals surface area contributed by atoms with Crippen LogP contribution in [0.3, 0.4) is 0 Å². The Morgan fingerprint density at radius 1 is 1.50 bits per heavy atom. The summed E-state index contributed by atoms with van der Waals surface area (Å²) < 4.78 is 5.07. The van der Waals surface area contributed by atoms with Crippen LogP contribution in [-0.2, 0) is 6.42 Å². The standard InChI is InChI=1S/C11H15N3OS/c1-4-9-13-11(14-15-9)10(12)8-5-6(2)16-7(8)3/h5,10H,4,12H2,1-3H3. The number of rotatable bonds is 3. The number of thiophene rings is 1. The molecule has 16 heavy (non-hydrogen) atoms. The van der Waals surface area contributed by atoms with Crippen LogP contribution in [0, 0.1) is 13.8 Å². The number of nitrogens with zero attached hydrogens (tertiary/aromatic N) is 2. The third kappa shape index (κ3) is 2.01. The average Bonchev–Trinajstić information content (AvgIpc) is 2.84. The molecule has 0 amide bonds. The molecule has 2 rings (SSSR count). The van der Waals surface area contributed by atoms with E-state index in [9.17, 15) is 0 Å². The molecule has 0 aliphatic carbocycles. The van der Waals surface area contributed by atoms with Crippen molar-refractivity contribution in [3.63, 3.8) is 0 Å². The molecule has 0 radical (unpaired) electrons. The highest BCUT2D eigenvalue weighted by atomic mass is 32.1. The first-order chi connectivity index (χ1) is 7.61. The molecule has 0 spiro atoms. The molecule has 0 aliphatic rings. The van der Waals surface area contributed by atoms with E-state index in [0.29, 0.717) is 11.7 Å². The predicted molar refractivity (Wildman–Crippen MR) is 63.5 cm³/mol. The van der Waals surface area contributed by atoms with E-state index in [4.69, 9.17) is 10.3 Å². The van der Waals surface area contributed by atoms with E-state index >= 15 is 0 Å². The first-order valence-electron chi connectivity index (χ1n) is 5.26. The van der Waals surface area contributed by atoms with Crippen LogP contribution in [0.25, 0.3) is 0 Å². The Kier molecular flexibility index (Phi) is 3.07. The number of aromatic nitrogens is 2. The number of aryl methyl sites for hydroxylation is 3. The maximum atomic E-state index is 6.12. The summed E-state index contributed by atoms with van der Waals surface area (Å²) in [4.78, 5) is 6.72. The first kappa shape index (κ1) is 11.3. The van der Waals surface area contributed by atoms with Crippen molar-refractivity contribution in [1.82, 2.24) is 10.1 Å². The van der Waals surface area contributed by atoms with Crippen molar-refractivity contribution in [1.29, 1.82) is 0 Å². The third-order valence-electron chi connectivity index (χ3n) is 2.48. The van der Waals surface area contributed by atoms with Gasteiger partial charge in [0.2, 0.25) is 5.89 Å². The maximum absolute atomic E-state index is 6.12. The second-order valence-corrected chi connectivity index (χ2v) is 5.21. The summed E-state index contributed by atoms with van der Waals surface area (Å²) in [5, 5.41) is 3.91. The van der Waals surface area contributed by atoms with Crippen LogP contribution >= 0.6 is 11.3 Å². The summed E-state index contributed by atoms with van der Waals surface area (Å²) in [7, 11) is 0. The molecule has 1 atom stereocenters. The fourth-order valence-electron chi connectivity index (χ4n) is 1.64. The van der Waals surface area contributed by atoms with Crippen LogP contribution in [0.2, 0.25) is 0 Å². The molecule has 2 N–H and O–H groups in total. The van der Waals surface area contributed by atoms with Gasteiger partial charge in [-0.25, -0.2) is 0 Å². The van der Waals surface area contributed by atoms with Crippen molar-refractivity contribution in [2.24, 2.45) is 5.73 Å². The molecular weight excluding hydrogens is 222 g/mol. The molecule has 0 aromatic carbocycles. The fourth-order valence-corrected chi connectivity index (χ4v) is 2.61. The van der Waals surface area contributed by atoms with Gasteiger partial charge in [-0.15, -0.1) is 11.3 Å². The highest BCUT2D eigenvalue weighted by Gasteiger charge is 2.18. The van der Waals surface area contributed by atoms with Gasteiger partial charge in [0.1, 0.15) is 0 Å². The van der Waals surface area contributed by atoms with Gasteiger partial charge in [-0.3, -0.25) is 0 Å². The van der Waals surface area contributed by atoms with Gasteiger partial charge < -0.3 is 10.3 Å². The molecule has 2 aromatic heterocycles. The Bertz CT molecular complexity index is 489. The molecular formula is C11H15N3OS. The number of hydrogen-bond acceptors (Lipinski definition) is 5. The van der Waals surface area contributed by atoms with Crippen molar-refractivity contribution in [3.05, 3.63) is 33.1 Å². The Hall–Kier alpha value is -1.20. The summed E-state index contributed by atoms with van der Waals surface area (Å²) in [5.74, 6) is 1.20. The lowest BCUT2D eigenvalue weighted by molar-refractivity contribution is 0.375. The second-order valence-electron chi connectivity index (χ2n) is 3.75. The molecule has 0 saturated carbocycles. The van der Waals surface area contributed by atoms with Crippen LogP contribution in [0.4, 0.5) is 0 Å². The molecule has 2 aromatic rings. The van der Waals surface area contributed by atoms with Crippen molar-refractivity contribution >= 4 is 11.3 Å². The van der Waals surface area contributed by atoms with Crippen molar-refractivity contribution < 1.29 is 4.52 Å². The van der Waals surface area contributed by atoms with Crippen LogP contribution in [0.5, 0.6) is 0 Å². The van der Waals surface area contributed by atoms with E-state index in [0.717, 1.165) is 12.0 Å².